The average Bonchev–Trinajstić information content (AvgIpc) is 3.18. The molecular formula is C14H20ClN3O2. The Morgan fingerprint density at radius 1 is 1.55 bits per heavy atom. The number of carbonyl (C=O) groups is 1. The molecule has 0 aliphatic heterocycles. The first-order valence-corrected chi connectivity index (χ1v) is 7.13. The van der Waals surface area contributed by atoms with E-state index in [2.05, 4.69) is 10.3 Å². The van der Waals surface area contributed by atoms with Crippen LogP contribution in [0, 0.1) is 5.41 Å². The lowest BCUT2D eigenvalue weighted by molar-refractivity contribution is -0.120. The van der Waals surface area contributed by atoms with Gasteiger partial charge < -0.3 is 15.3 Å². The molecule has 2 N–H and O–H groups in total. The molecule has 6 heteroatoms. The zero-order valence-electron chi connectivity index (χ0n) is 11.6. The molecule has 0 unspecified atom stereocenters. The predicted octanol–water partition coefficient (Wildman–Crippen LogP) is 1.45. The maximum absolute atomic E-state index is 11.9. The summed E-state index contributed by atoms with van der Waals surface area (Å²) in [5.41, 5.74) is 0.140. The number of hydrogen-bond donors (Lipinski definition) is 2. The number of aromatic nitrogens is 1. The van der Waals surface area contributed by atoms with Gasteiger partial charge in [-0.05, 0) is 36.8 Å². The van der Waals surface area contributed by atoms with Crippen molar-refractivity contribution in [2.24, 2.45) is 5.41 Å². The first kappa shape index (κ1) is 15.1. The second-order valence-corrected chi connectivity index (χ2v) is 5.88. The summed E-state index contributed by atoms with van der Waals surface area (Å²) in [5.74, 6) is 0.675. The standard InChI is InChI=1S/C14H20ClN3O2/c1-18(12-3-2-11(15)8-16-12)9-13(20)17-10-14(4-5-14)6-7-19/h2-3,8,19H,4-7,9-10H2,1H3,(H,17,20). The minimum absolute atomic E-state index is 0.0338. The van der Waals surface area contributed by atoms with Crippen LogP contribution in [0.5, 0.6) is 0 Å². The molecule has 1 heterocycles. The zero-order valence-corrected chi connectivity index (χ0v) is 12.4. The Bertz CT molecular complexity index is 460. The molecule has 0 saturated heterocycles. The maximum atomic E-state index is 11.9. The van der Waals surface area contributed by atoms with Gasteiger partial charge in [-0.15, -0.1) is 0 Å². The van der Waals surface area contributed by atoms with Gasteiger partial charge in [-0.2, -0.15) is 0 Å². The van der Waals surface area contributed by atoms with Crippen LogP contribution >= 0.6 is 11.6 Å². The molecule has 2 rings (SSSR count). The third-order valence-electron chi connectivity index (χ3n) is 3.74. The summed E-state index contributed by atoms with van der Waals surface area (Å²) in [5, 5.41) is 12.5. The van der Waals surface area contributed by atoms with Gasteiger partial charge in [0.05, 0.1) is 11.6 Å². The van der Waals surface area contributed by atoms with Crippen LogP contribution < -0.4 is 10.2 Å². The van der Waals surface area contributed by atoms with E-state index in [-0.39, 0.29) is 24.5 Å². The van der Waals surface area contributed by atoms with Crippen LogP contribution in [0.15, 0.2) is 18.3 Å². The predicted molar refractivity (Wildman–Crippen MR) is 78.9 cm³/mol. The second-order valence-electron chi connectivity index (χ2n) is 5.44. The highest BCUT2D eigenvalue weighted by atomic mass is 35.5. The zero-order chi connectivity index (χ0) is 14.6. The average molecular weight is 298 g/mol. The summed E-state index contributed by atoms with van der Waals surface area (Å²) in [6.45, 7) is 1.09. The smallest absolute Gasteiger partial charge is 0.239 e. The van der Waals surface area contributed by atoms with Crippen molar-refractivity contribution < 1.29 is 9.90 Å². The number of likely N-dealkylation sites (N-methyl/N-ethyl adjacent to an activating group) is 1. The summed E-state index contributed by atoms with van der Waals surface area (Å²) in [4.78, 5) is 17.8. The van der Waals surface area contributed by atoms with Gasteiger partial charge in [0.25, 0.3) is 0 Å². The third-order valence-corrected chi connectivity index (χ3v) is 3.97. The van der Waals surface area contributed by atoms with Crippen LogP contribution in [0.25, 0.3) is 0 Å². The van der Waals surface area contributed by atoms with Crippen molar-refractivity contribution in [2.75, 3.05) is 31.6 Å². The number of aliphatic hydroxyl groups is 1. The van der Waals surface area contributed by atoms with Gasteiger partial charge in [-0.1, -0.05) is 11.6 Å². The van der Waals surface area contributed by atoms with Gasteiger partial charge in [-0.25, -0.2) is 4.98 Å². The molecular weight excluding hydrogens is 278 g/mol. The molecule has 0 bridgehead atoms. The van der Waals surface area contributed by atoms with Crippen molar-refractivity contribution >= 4 is 23.3 Å². The fraction of sp³-hybridized carbons (Fsp3) is 0.571. The quantitative estimate of drug-likeness (QED) is 0.799. The highest BCUT2D eigenvalue weighted by Crippen LogP contribution is 2.47. The van der Waals surface area contributed by atoms with Crippen molar-refractivity contribution in [3.05, 3.63) is 23.4 Å². The third kappa shape index (κ3) is 4.08. The van der Waals surface area contributed by atoms with Gasteiger partial charge >= 0.3 is 0 Å². The summed E-state index contributed by atoms with van der Waals surface area (Å²) in [6.07, 6.45) is 4.50. The van der Waals surface area contributed by atoms with Crippen molar-refractivity contribution in [1.29, 1.82) is 0 Å². The fourth-order valence-electron chi connectivity index (χ4n) is 2.16. The van der Waals surface area contributed by atoms with E-state index in [0.717, 1.165) is 19.3 Å². The van der Waals surface area contributed by atoms with Gasteiger partial charge in [0.15, 0.2) is 0 Å². The first-order chi connectivity index (χ1) is 9.54. The largest absolute Gasteiger partial charge is 0.396 e. The molecule has 110 valence electrons. The Hall–Kier alpha value is -1.33. The Kier molecular flexibility index (Phi) is 4.83. The van der Waals surface area contributed by atoms with Crippen LogP contribution in [0.2, 0.25) is 5.02 Å². The molecule has 1 aliphatic rings. The minimum atomic E-state index is -0.0338. The van der Waals surface area contributed by atoms with Crippen LogP contribution in [-0.4, -0.2) is 42.7 Å². The van der Waals surface area contributed by atoms with Crippen LogP contribution in [0.3, 0.4) is 0 Å². The highest BCUT2D eigenvalue weighted by molar-refractivity contribution is 6.30. The van der Waals surface area contributed by atoms with Gasteiger partial charge in [0.2, 0.25) is 5.91 Å². The highest BCUT2D eigenvalue weighted by Gasteiger charge is 2.41. The summed E-state index contributed by atoms with van der Waals surface area (Å²) >= 11 is 5.78. The minimum Gasteiger partial charge on any atom is -0.396 e. The van der Waals surface area contributed by atoms with Gasteiger partial charge in [-0.3, -0.25) is 4.79 Å². The molecule has 1 fully saturated rings. The number of nitrogens with zero attached hydrogens (tertiary/aromatic N) is 2. The lowest BCUT2D eigenvalue weighted by atomic mass is 10.0. The number of anilines is 1. The van der Waals surface area contributed by atoms with Gasteiger partial charge in [0, 0.05) is 26.4 Å². The number of amides is 1. The van der Waals surface area contributed by atoms with E-state index < -0.39 is 0 Å². The SMILES string of the molecule is CN(CC(=O)NCC1(CCO)CC1)c1ccc(Cl)cn1. The summed E-state index contributed by atoms with van der Waals surface area (Å²) in [7, 11) is 1.82. The Labute approximate surface area is 123 Å². The summed E-state index contributed by atoms with van der Waals surface area (Å²) in [6, 6.07) is 3.53. The van der Waals surface area contributed by atoms with Crippen molar-refractivity contribution in [1.82, 2.24) is 10.3 Å². The van der Waals surface area contributed by atoms with Crippen LogP contribution in [0.4, 0.5) is 5.82 Å². The first-order valence-electron chi connectivity index (χ1n) is 6.75. The molecule has 0 atom stereocenters. The van der Waals surface area contributed by atoms with Crippen molar-refractivity contribution in [2.45, 2.75) is 19.3 Å². The van der Waals surface area contributed by atoms with Crippen LogP contribution in [-0.2, 0) is 4.79 Å². The number of aliphatic hydroxyl groups excluding tert-OH is 1. The Balaban J connectivity index is 1.78. The molecule has 5 nitrogen and oxygen atoms in total. The number of pyridine rings is 1. The Morgan fingerprint density at radius 3 is 2.85 bits per heavy atom. The normalized spacial score (nSPS) is 15.8. The molecule has 0 spiro atoms. The number of halogens is 1. The van der Waals surface area contributed by atoms with E-state index in [9.17, 15) is 4.79 Å². The van der Waals surface area contributed by atoms with E-state index in [0.29, 0.717) is 17.4 Å². The van der Waals surface area contributed by atoms with Crippen LogP contribution in [0.1, 0.15) is 19.3 Å². The number of nitrogens with one attached hydrogen (secondary N) is 1. The lowest BCUT2D eigenvalue weighted by Crippen LogP contribution is -2.38. The molecule has 1 aliphatic carbocycles. The maximum Gasteiger partial charge on any atom is 0.239 e. The number of hydrogen-bond acceptors (Lipinski definition) is 4. The van der Waals surface area contributed by atoms with E-state index in [1.165, 1.54) is 0 Å². The molecule has 0 aromatic carbocycles. The van der Waals surface area contributed by atoms with Crippen molar-refractivity contribution in [3.63, 3.8) is 0 Å². The fourth-order valence-corrected chi connectivity index (χ4v) is 2.27. The molecule has 20 heavy (non-hydrogen) atoms. The molecule has 1 saturated carbocycles. The lowest BCUT2D eigenvalue weighted by Gasteiger charge is -2.19. The van der Waals surface area contributed by atoms with Gasteiger partial charge in [0.1, 0.15) is 5.82 Å². The van der Waals surface area contributed by atoms with Crippen molar-refractivity contribution in [3.8, 4) is 0 Å². The molecule has 1 aromatic rings. The van der Waals surface area contributed by atoms with E-state index in [1.54, 1.807) is 23.2 Å². The second kappa shape index (κ2) is 6.41. The number of carbonyl (C=O) groups excluding carboxylic acids is 1. The topological polar surface area (TPSA) is 65.5 Å². The Morgan fingerprint density at radius 2 is 2.30 bits per heavy atom. The molecule has 1 aromatic heterocycles. The van der Waals surface area contributed by atoms with E-state index in [4.69, 9.17) is 16.7 Å². The number of rotatable bonds is 7. The monoisotopic (exact) mass is 297 g/mol. The molecule has 1 amide bonds. The van der Waals surface area contributed by atoms with E-state index in [1.807, 2.05) is 7.05 Å². The van der Waals surface area contributed by atoms with E-state index >= 15 is 0 Å². The molecule has 0 radical (unpaired) electrons. The summed E-state index contributed by atoms with van der Waals surface area (Å²) < 4.78 is 0.